The number of sulfonamides is 1. The lowest BCUT2D eigenvalue weighted by Gasteiger charge is -2.08. The molecule has 2 aromatic rings. The molecule has 1 aromatic heterocycles. The Kier molecular flexibility index (Phi) is 4.66. The molecule has 21 heavy (non-hydrogen) atoms. The maximum Gasteiger partial charge on any atom is 0.260 e. The van der Waals surface area contributed by atoms with E-state index in [1.807, 2.05) is 10.3 Å². The third-order valence-corrected chi connectivity index (χ3v) is 4.68. The van der Waals surface area contributed by atoms with Crippen LogP contribution in [-0.2, 0) is 21.2 Å². The fraction of sp³-hybridized carbons (Fsp3) is 0.167. The van der Waals surface area contributed by atoms with E-state index in [4.69, 9.17) is 0 Å². The van der Waals surface area contributed by atoms with Gasteiger partial charge in [0.2, 0.25) is 5.91 Å². The molecule has 0 aliphatic carbocycles. The molecule has 0 aliphatic rings. The molecule has 0 bridgehead atoms. The van der Waals surface area contributed by atoms with Crippen molar-refractivity contribution in [3.05, 3.63) is 46.2 Å². The molecule has 1 heterocycles. The molecule has 0 atom stereocenters. The Morgan fingerprint density at radius 1 is 1.38 bits per heavy atom. The lowest BCUT2D eigenvalue weighted by Crippen LogP contribution is -2.42. The summed E-state index contributed by atoms with van der Waals surface area (Å²) in [7, 11) is -4.15. The van der Waals surface area contributed by atoms with Gasteiger partial charge in [-0.25, -0.2) is 17.8 Å². The highest BCUT2D eigenvalue weighted by Gasteiger charge is 2.19. The van der Waals surface area contributed by atoms with E-state index in [2.05, 4.69) is 4.98 Å². The number of nitrogens with one attached hydrogen (secondary N) is 2. The normalized spacial score (nSPS) is 11.3. The van der Waals surface area contributed by atoms with Gasteiger partial charge in [-0.1, -0.05) is 12.1 Å². The highest BCUT2D eigenvalue weighted by Crippen LogP contribution is 2.12. The minimum absolute atomic E-state index is 0.0572. The van der Waals surface area contributed by atoms with E-state index >= 15 is 0 Å². The van der Waals surface area contributed by atoms with Crippen LogP contribution in [-0.4, -0.2) is 19.3 Å². The molecule has 6 nitrogen and oxygen atoms in total. The minimum Gasteiger partial charge on any atom is -0.277 e. The van der Waals surface area contributed by atoms with Crippen LogP contribution in [0.1, 0.15) is 10.7 Å². The quantitative estimate of drug-likeness (QED) is 0.805. The van der Waals surface area contributed by atoms with Crippen LogP contribution in [0.3, 0.4) is 0 Å². The van der Waals surface area contributed by atoms with Gasteiger partial charge in [-0.05, 0) is 19.1 Å². The van der Waals surface area contributed by atoms with Crippen LogP contribution in [0, 0.1) is 12.7 Å². The summed E-state index contributed by atoms with van der Waals surface area (Å²) in [6.07, 6.45) is -0.0572. The molecular weight excluding hydrogens is 317 g/mol. The Bertz CT molecular complexity index is 759. The molecule has 112 valence electrons. The Balaban J connectivity index is 1.99. The van der Waals surface area contributed by atoms with Gasteiger partial charge in [0.25, 0.3) is 10.0 Å². The van der Waals surface area contributed by atoms with Crippen LogP contribution in [0.15, 0.2) is 34.5 Å². The number of carbonyl (C=O) groups is 1. The summed E-state index contributed by atoms with van der Waals surface area (Å²) in [5, 5.41) is 2.35. The van der Waals surface area contributed by atoms with Gasteiger partial charge in [0.1, 0.15) is 15.7 Å². The average molecular weight is 329 g/mol. The second-order valence-corrected chi connectivity index (χ2v) is 6.74. The number of hydrogen-bond donors (Lipinski definition) is 2. The van der Waals surface area contributed by atoms with Crippen molar-refractivity contribution in [1.29, 1.82) is 0 Å². The summed E-state index contributed by atoms with van der Waals surface area (Å²) in [5.74, 6) is -1.47. The topological polar surface area (TPSA) is 88.2 Å². The predicted molar refractivity (Wildman–Crippen MR) is 75.4 cm³/mol. The molecule has 0 saturated carbocycles. The molecule has 0 saturated heterocycles. The number of carbonyl (C=O) groups excluding carboxylic acids is 1. The van der Waals surface area contributed by atoms with Gasteiger partial charge >= 0.3 is 0 Å². The summed E-state index contributed by atoms with van der Waals surface area (Å²) in [5.41, 5.74) is 2.82. The molecule has 0 radical (unpaired) electrons. The van der Waals surface area contributed by atoms with E-state index in [1.54, 1.807) is 12.3 Å². The van der Waals surface area contributed by atoms with E-state index in [0.717, 1.165) is 17.8 Å². The first-order chi connectivity index (χ1) is 9.88. The number of hydrazine groups is 1. The molecular formula is C12H12FN3O3S2. The van der Waals surface area contributed by atoms with Gasteiger partial charge in [-0.2, -0.15) is 0 Å². The molecule has 0 spiro atoms. The first kappa shape index (κ1) is 15.5. The molecule has 0 aliphatic heterocycles. The van der Waals surface area contributed by atoms with Crippen LogP contribution in [0.25, 0.3) is 0 Å². The van der Waals surface area contributed by atoms with Gasteiger partial charge < -0.3 is 0 Å². The van der Waals surface area contributed by atoms with E-state index < -0.39 is 26.6 Å². The lowest BCUT2D eigenvalue weighted by atomic mass is 10.4. The highest BCUT2D eigenvalue weighted by atomic mass is 32.2. The van der Waals surface area contributed by atoms with E-state index in [9.17, 15) is 17.6 Å². The Morgan fingerprint density at radius 2 is 2.10 bits per heavy atom. The van der Waals surface area contributed by atoms with Crippen molar-refractivity contribution < 1.29 is 17.6 Å². The number of aromatic nitrogens is 1. The van der Waals surface area contributed by atoms with E-state index in [-0.39, 0.29) is 6.42 Å². The van der Waals surface area contributed by atoms with Gasteiger partial charge in [0.15, 0.2) is 0 Å². The molecule has 2 N–H and O–H groups in total. The summed E-state index contributed by atoms with van der Waals surface area (Å²) >= 11 is 1.30. The molecule has 1 aromatic carbocycles. The highest BCUT2D eigenvalue weighted by molar-refractivity contribution is 7.89. The Labute approximate surface area is 125 Å². The zero-order valence-corrected chi connectivity index (χ0v) is 12.6. The smallest absolute Gasteiger partial charge is 0.260 e. The summed E-state index contributed by atoms with van der Waals surface area (Å²) in [6, 6.07) is 4.89. The molecule has 0 fully saturated rings. The maximum atomic E-state index is 13.4. The summed E-state index contributed by atoms with van der Waals surface area (Å²) in [6.45, 7) is 1.79. The molecule has 0 unspecified atom stereocenters. The van der Waals surface area contributed by atoms with Crippen molar-refractivity contribution in [3.8, 4) is 0 Å². The van der Waals surface area contributed by atoms with E-state index in [0.29, 0.717) is 5.01 Å². The van der Waals surface area contributed by atoms with Crippen molar-refractivity contribution in [3.63, 3.8) is 0 Å². The van der Waals surface area contributed by atoms with Crippen molar-refractivity contribution in [2.45, 2.75) is 18.2 Å². The number of benzene rings is 1. The standard InChI is InChI=1S/C12H12FN3O3S2/c1-8-7-20-12(14-8)6-11(17)15-16-21(18,19)10-5-3-2-4-9(10)13/h2-5,7,16H,6H2,1H3,(H,15,17). The SMILES string of the molecule is Cc1csc(CC(=O)NNS(=O)(=O)c2ccccc2F)n1. The van der Waals surface area contributed by atoms with Crippen LogP contribution in [0.4, 0.5) is 4.39 Å². The second kappa shape index (κ2) is 6.29. The van der Waals surface area contributed by atoms with Crippen molar-refractivity contribution in [2.75, 3.05) is 0 Å². The van der Waals surface area contributed by atoms with Gasteiger partial charge in [0, 0.05) is 11.1 Å². The number of nitrogens with zero attached hydrogens (tertiary/aromatic N) is 1. The number of thiazole rings is 1. The van der Waals surface area contributed by atoms with Crippen molar-refractivity contribution >= 4 is 27.3 Å². The first-order valence-corrected chi connectivity index (χ1v) is 8.21. The number of rotatable bonds is 5. The monoisotopic (exact) mass is 329 g/mol. The molecule has 2 rings (SSSR count). The second-order valence-electron chi connectivity index (χ2n) is 4.14. The third kappa shape index (κ3) is 4.06. The fourth-order valence-corrected chi connectivity index (χ4v) is 3.22. The van der Waals surface area contributed by atoms with Crippen molar-refractivity contribution in [1.82, 2.24) is 15.2 Å². The largest absolute Gasteiger partial charge is 0.277 e. The zero-order valence-electron chi connectivity index (χ0n) is 11.0. The third-order valence-electron chi connectivity index (χ3n) is 2.43. The fourth-order valence-electron chi connectivity index (χ4n) is 1.51. The predicted octanol–water partition coefficient (Wildman–Crippen LogP) is 1.14. The van der Waals surface area contributed by atoms with Gasteiger partial charge in [-0.3, -0.25) is 10.2 Å². The van der Waals surface area contributed by atoms with Crippen LogP contribution >= 0.6 is 11.3 Å². The van der Waals surface area contributed by atoms with Crippen molar-refractivity contribution in [2.24, 2.45) is 0 Å². The van der Waals surface area contributed by atoms with E-state index in [1.165, 1.54) is 23.5 Å². The van der Waals surface area contributed by atoms with Crippen LogP contribution in [0.2, 0.25) is 0 Å². The minimum atomic E-state index is -4.15. The number of halogens is 1. The van der Waals surface area contributed by atoms with Gasteiger partial charge in [0.05, 0.1) is 6.42 Å². The average Bonchev–Trinajstić information content (AvgIpc) is 2.82. The summed E-state index contributed by atoms with van der Waals surface area (Å²) < 4.78 is 37.1. The number of aryl methyl sites for hydroxylation is 1. The maximum absolute atomic E-state index is 13.4. The lowest BCUT2D eigenvalue weighted by molar-refractivity contribution is -0.120. The summed E-state index contributed by atoms with van der Waals surface area (Å²) in [4.78, 5) is 17.0. The Morgan fingerprint density at radius 3 is 2.71 bits per heavy atom. The molecule has 1 amide bonds. The molecule has 9 heteroatoms. The number of hydrogen-bond acceptors (Lipinski definition) is 5. The van der Waals surface area contributed by atoms with Crippen LogP contribution in [0.5, 0.6) is 0 Å². The number of amides is 1. The first-order valence-electron chi connectivity index (χ1n) is 5.84. The van der Waals surface area contributed by atoms with Gasteiger partial charge in [-0.15, -0.1) is 16.2 Å². The van der Waals surface area contributed by atoms with Crippen LogP contribution < -0.4 is 10.3 Å². The zero-order chi connectivity index (χ0) is 15.5. The Hall–Kier alpha value is -1.84.